The molecule has 0 saturated carbocycles. The number of nitrogens with one attached hydrogen (secondary N) is 2. The molecule has 1 saturated heterocycles. The molecule has 5 nitrogen and oxygen atoms in total. The van der Waals surface area contributed by atoms with Gasteiger partial charge in [0.05, 0.1) is 0 Å². The summed E-state index contributed by atoms with van der Waals surface area (Å²) >= 11 is 0. The average molecular weight is 213 g/mol. The maximum Gasteiger partial charge on any atom is 0.315 e. The quantitative estimate of drug-likeness (QED) is 0.709. The molecule has 0 radical (unpaired) electrons. The van der Waals surface area contributed by atoms with Crippen molar-refractivity contribution < 1.29 is 9.59 Å². The van der Waals surface area contributed by atoms with Crippen LogP contribution in [0.3, 0.4) is 0 Å². The molecule has 86 valence electrons. The number of piperidine rings is 1. The van der Waals surface area contributed by atoms with Gasteiger partial charge in [-0.25, -0.2) is 4.79 Å². The van der Waals surface area contributed by atoms with Crippen LogP contribution in [0.15, 0.2) is 0 Å². The predicted octanol–water partition coefficient (Wildman–Crippen LogP) is 0.316. The van der Waals surface area contributed by atoms with Gasteiger partial charge in [0.15, 0.2) is 0 Å². The average Bonchev–Trinajstić information content (AvgIpc) is 2.20. The molecule has 3 amide bonds. The maximum atomic E-state index is 11.3. The molecule has 0 aromatic rings. The van der Waals surface area contributed by atoms with Crippen molar-refractivity contribution in [2.45, 2.75) is 32.2 Å². The molecule has 0 bridgehead atoms. The molecule has 1 unspecified atom stereocenters. The molecule has 1 heterocycles. The molecule has 2 N–H and O–H groups in total. The fraction of sp³-hybridized carbons (Fsp3) is 0.800. The van der Waals surface area contributed by atoms with Gasteiger partial charge in [-0.05, 0) is 12.8 Å². The van der Waals surface area contributed by atoms with Gasteiger partial charge in [0.25, 0.3) is 0 Å². The Bertz CT molecular complexity index is 243. The van der Waals surface area contributed by atoms with E-state index in [-0.39, 0.29) is 18.0 Å². The number of carbonyl (C=O) groups is 2. The van der Waals surface area contributed by atoms with E-state index in [1.54, 1.807) is 11.9 Å². The van der Waals surface area contributed by atoms with Crippen LogP contribution in [-0.4, -0.2) is 43.0 Å². The molecule has 0 spiro atoms. The Kier molecular flexibility index (Phi) is 4.39. The molecule has 0 aliphatic carbocycles. The van der Waals surface area contributed by atoms with Crippen molar-refractivity contribution in [1.82, 2.24) is 15.5 Å². The third kappa shape index (κ3) is 3.77. The van der Waals surface area contributed by atoms with Crippen LogP contribution < -0.4 is 10.6 Å². The summed E-state index contributed by atoms with van der Waals surface area (Å²) in [6.07, 6.45) is 2.19. The standard InChI is InChI=1S/C10H19N3O2/c1-3-6-11-10(15)12-8-4-5-9(14)13(2)7-8/h8H,3-7H2,1-2H3,(H2,11,12,15). The number of amides is 3. The van der Waals surface area contributed by atoms with Crippen LogP contribution >= 0.6 is 0 Å². The Balaban J connectivity index is 2.27. The van der Waals surface area contributed by atoms with Crippen molar-refractivity contribution in [2.24, 2.45) is 0 Å². The highest BCUT2D eigenvalue weighted by molar-refractivity contribution is 5.78. The summed E-state index contributed by atoms with van der Waals surface area (Å²) in [7, 11) is 1.76. The fourth-order valence-corrected chi connectivity index (χ4v) is 1.61. The topological polar surface area (TPSA) is 61.4 Å². The summed E-state index contributed by atoms with van der Waals surface area (Å²) < 4.78 is 0. The summed E-state index contributed by atoms with van der Waals surface area (Å²) in [6.45, 7) is 3.30. The Labute approximate surface area is 90.2 Å². The number of likely N-dealkylation sites (N-methyl/N-ethyl adjacent to an activating group) is 1. The molecule has 1 aliphatic rings. The second-order valence-corrected chi connectivity index (χ2v) is 3.91. The van der Waals surface area contributed by atoms with E-state index in [4.69, 9.17) is 0 Å². The van der Waals surface area contributed by atoms with Gasteiger partial charge in [-0.15, -0.1) is 0 Å². The predicted molar refractivity (Wildman–Crippen MR) is 57.5 cm³/mol. The first-order valence-electron chi connectivity index (χ1n) is 5.41. The number of nitrogens with zero attached hydrogens (tertiary/aromatic N) is 1. The van der Waals surface area contributed by atoms with Gasteiger partial charge in [0.1, 0.15) is 0 Å². The van der Waals surface area contributed by atoms with Gasteiger partial charge in [-0.1, -0.05) is 6.92 Å². The first kappa shape index (κ1) is 11.8. The van der Waals surface area contributed by atoms with Crippen LogP contribution in [0.4, 0.5) is 4.79 Å². The molecule has 0 aromatic carbocycles. The Morgan fingerprint density at radius 3 is 2.93 bits per heavy atom. The van der Waals surface area contributed by atoms with Crippen LogP contribution in [0, 0.1) is 0 Å². The minimum Gasteiger partial charge on any atom is -0.344 e. The van der Waals surface area contributed by atoms with Crippen LogP contribution in [0.2, 0.25) is 0 Å². The lowest BCUT2D eigenvalue weighted by atomic mass is 10.1. The van der Waals surface area contributed by atoms with Crippen molar-refractivity contribution in [3.63, 3.8) is 0 Å². The molecule has 15 heavy (non-hydrogen) atoms. The second-order valence-electron chi connectivity index (χ2n) is 3.91. The summed E-state index contributed by atoms with van der Waals surface area (Å²) in [6, 6.07) is -0.0471. The smallest absolute Gasteiger partial charge is 0.315 e. The highest BCUT2D eigenvalue weighted by atomic mass is 16.2. The number of carbonyl (C=O) groups excluding carboxylic acids is 2. The van der Waals surface area contributed by atoms with Gasteiger partial charge < -0.3 is 15.5 Å². The second kappa shape index (κ2) is 5.58. The number of urea groups is 1. The monoisotopic (exact) mass is 213 g/mol. The van der Waals surface area contributed by atoms with Gasteiger partial charge in [-0.3, -0.25) is 4.79 Å². The van der Waals surface area contributed by atoms with Crippen LogP contribution in [0.25, 0.3) is 0 Å². The summed E-state index contributed by atoms with van der Waals surface area (Å²) in [5.41, 5.74) is 0. The van der Waals surface area contributed by atoms with E-state index in [1.165, 1.54) is 0 Å². The SMILES string of the molecule is CCCNC(=O)NC1CCC(=O)N(C)C1. The van der Waals surface area contributed by atoms with Crippen molar-refractivity contribution in [3.05, 3.63) is 0 Å². The molecule has 1 rings (SSSR count). The summed E-state index contributed by atoms with van der Waals surface area (Å²) in [5, 5.41) is 5.61. The highest BCUT2D eigenvalue weighted by Crippen LogP contribution is 2.09. The van der Waals surface area contributed by atoms with Crippen molar-refractivity contribution >= 4 is 11.9 Å². The van der Waals surface area contributed by atoms with Crippen molar-refractivity contribution in [1.29, 1.82) is 0 Å². The zero-order valence-corrected chi connectivity index (χ0v) is 9.38. The zero-order chi connectivity index (χ0) is 11.3. The van der Waals surface area contributed by atoms with Crippen LogP contribution in [0.1, 0.15) is 26.2 Å². The largest absolute Gasteiger partial charge is 0.344 e. The van der Waals surface area contributed by atoms with Crippen molar-refractivity contribution in [2.75, 3.05) is 20.1 Å². The third-order valence-corrected chi connectivity index (χ3v) is 2.50. The molecule has 5 heteroatoms. The van der Waals surface area contributed by atoms with Crippen molar-refractivity contribution in [3.8, 4) is 0 Å². The number of hydrogen-bond acceptors (Lipinski definition) is 2. The maximum absolute atomic E-state index is 11.3. The molecule has 0 aromatic heterocycles. The summed E-state index contributed by atoms with van der Waals surface area (Å²) in [5.74, 6) is 0.155. The van der Waals surface area contributed by atoms with Gasteiger partial charge >= 0.3 is 6.03 Å². The highest BCUT2D eigenvalue weighted by Gasteiger charge is 2.23. The van der Waals surface area contributed by atoms with Gasteiger partial charge in [0, 0.05) is 32.6 Å². The van der Waals surface area contributed by atoms with Gasteiger partial charge in [0.2, 0.25) is 5.91 Å². The van der Waals surface area contributed by atoms with Gasteiger partial charge in [-0.2, -0.15) is 0 Å². The number of hydrogen-bond donors (Lipinski definition) is 2. The van der Waals surface area contributed by atoms with E-state index < -0.39 is 0 Å². The molecular weight excluding hydrogens is 194 g/mol. The third-order valence-electron chi connectivity index (χ3n) is 2.50. The minimum atomic E-state index is -0.135. The van der Waals surface area contributed by atoms with Crippen LogP contribution in [0.5, 0.6) is 0 Å². The van der Waals surface area contributed by atoms with Crippen LogP contribution in [-0.2, 0) is 4.79 Å². The number of likely N-dealkylation sites (tertiary alicyclic amines) is 1. The zero-order valence-electron chi connectivity index (χ0n) is 9.38. The minimum absolute atomic E-state index is 0.0876. The molecule has 1 aliphatic heterocycles. The van der Waals surface area contributed by atoms with E-state index >= 15 is 0 Å². The lowest BCUT2D eigenvalue weighted by Crippen LogP contribution is -2.51. The first-order valence-corrected chi connectivity index (χ1v) is 5.41. The summed E-state index contributed by atoms with van der Waals surface area (Å²) in [4.78, 5) is 24.2. The fourth-order valence-electron chi connectivity index (χ4n) is 1.61. The van der Waals surface area contributed by atoms with E-state index in [9.17, 15) is 9.59 Å². The lowest BCUT2D eigenvalue weighted by molar-refractivity contribution is -0.132. The number of rotatable bonds is 3. The van der Waals surface area contributed by atoms with E-state index in [0.29, 0.717) is 19.5 Å². The molecule has 1 atom stereocenters. The Hall–Kier alpha value is -1.26. The Morgan fingerprint density at radius 1 is 1.60 bits per heavy atom. The van der Waals surface area contributed by atoms with E-state index in [1.807, 2.05) is 6.92 Å². The molecular formula is C10H19N3O2. The van der Waals surface area contributed by atoms with E-state index in [2.05, 4.69) is 10.6 Å². The first-order chi connectivity index (χ1) is 7.13. The lowest BCUT2D eigenvalue weighted by Gasteiger charge is -2.30. The molecule has 1 fully saturated rings. The van der Waals surface area contributed by atoms with E-state index in [0.717, 1.165) is 12.8 Å². The normalized spacial score (nSPS) is 21.3. The Morgan fingerprint density at radius 2 is 2.33 bits per heavy atom.